The summed E-state index contributed by atoms with van der Waals surface area (Å²) in [6.45, 7) is 5.14. The zero-order valence-electron chi connectivity index (χ0n) is 9.67. The molecule has 1 aliphatic rings. The summed E-state index contributed by atoms with van der Waals surface area (Å²) in [7, 11) is 0. The van der Waals surface area contributed by atoms with Gasteiger partial charge in [-0.15, -0.1) is 30.6 Å². The molecular formula is C11H18IN5. The summed E-state index contributed by atoms with van der Waals surface area (Å²) < 4.78 is 2.18. The number of nitrogens with two attached hydrogens (primary N) is 1. The van der Waals surface area contributed by atoms with Crippen molar-refractivity contribution in [3.8, 4) is 0 Å². The van der Waals surface area contributed by atoms with Crippen LogP contribution in [0.15, 0.2) is 30.0 Å². The first-order valence-electron chi connectivity index (χ1n) is 5.47. The minimum Gasteiger partial charge on any atom is -0.370 e. The second kappa shape index (κ2) is 6.63. The first-order valence-corrected chi connectivity index (χ1v) is 5.47. The van der Waals surface area contributed by atoms with Gasteiger partial charge in [0.25, 0.3) is 0 Å². The van der Waals surface area contributed by atoms with Gasteiger partial charge in [-0.05, 0) is 6.42 Å². The molecule has 1 unspecified atom stereocenters. The van der Waals surface area contributed by atoms with Gasteiger partial charge in [0, 0.05) is 31.4 Å². The third-order valence-corrected chi connectivity index (χ3v) is 2.69. The fourth-order valence-electron chi connectivity index (χ4n) is 1.89. The minimum absolute atomic E-state index is 0. The van der Waals surface area contributed by atoms with Crippen molar-refractivity contribution in [1.29, 1.82) is 0 Å². The Labute approximate surface area is 118 Å². The molecule has 0 saturated heterocycles. The fourth-order valence-corrected chi connectivity index (χ4v) is 1.89. The molecule has 94 valence electrons. The molecule has 0 saturated carbocycles. The van der Waals surface area contributed by atoms with Crippen molar-refractivity contribution in [2.24, 2.45) is 10.7 Å². The summed E-state index contributed by atoms with van der Waals surface area (Å²) in [6.07, 6.45) is 7.53. The van der Waals surface area contributed by atoms with Crippen LogP contribution in [-0.4, -0.2) is 28.1 Å². The first-order chi connectivity index (χ1) is 7.79. The average Bonchev–Trinajstić information content (AvgIpc) is 2.73. The minimum atomic E-state index is 0. The van der Waals surface area contributed by atoms with Gasteiger partial charge in [0.2, 0.25) is 0 Å². The Bertz CT molecular complexity index is 398. The molecule has 0 aromatic carbocycles. The molecule has 0 aliphatic carbocycles. The van der Waals surface area contributed by atoms with Gasteiger partial charge < -0.3 is 15.6 Å². The van der Waals surface area contributed by atoms with E-state index in [2.05, 4.69) is 26.4 Å². The molecule has 0 fully saturated rings. The van der Waals surface area contributed by atoms with Gasteiger partial charge in [-0.25, -0.2) is 9.98 Å². The van der Waals surface area contributed by atoms with Crippen molar-refractivity contribution in [2.45, 2.75) is 25.4 Å². The number of aliphatic imine (C=N–C) groups is 1. The van der Waals surface area contributed by atoms with Gasteiger partial charge in [0.1, 0.15) is 5.82 Å². The molecule has 2 heterocycles. The van der Waals surface area contributed by atoms with Gasteiger partial charge in [-0.3, -0.25) is 0 Å². The highest BCUT2D eigenvalue weighted by Crippen LogP contribution is 2.12. The highest BCUT2D eigenvalue weighted by Gasteiger charge is 2.18. The second-order valence-corrected chi connectivity index (χ2v) is 3.89. The van der Waals surface area contributed by atoms with E-state index in [9.17, 15) is 0 Å². The van der Waals surface area contributed by atoms with E-state index in [0.29, 0.717) is 18.5 Å². The van der Waals surface area contributed by atoms with Gasteiger partial charge in [-0.2, -0.15) is 0 Å². The predicted octanol–water partition coefficient (Wildman–Crippen LogP) is 0.906. The lowest BCUT2D eigenvalue weighted by Gasteiger charge is -2.24. The maximum absolute atomic E-state index is 5.75. The number of nitrogens with one attached hydrogen (secondary N) is 1. The molecule has 0 bridgehead atoms. The van der Waals surface area contributed by atoms with E-state index in [1.165, 1.54) is 0 Å². The number of fused-ring (bicyclic) bond motifs is 1. The molecule has 5 nitrogen and oxygen atoms in total. The number of hydrogen-bond acceptors (Lipinski definition) is 2. The quantitative estimate of drug-likeness (QED) is 0.370. The molecule has 6 heteroatoms. The van der Waals surface area contributed by atoms with E-state index < -0.39 is 0 Å². The summed E-state index contributed by atoms with van der Waals surface area (Å²) in [5.74, 6) is 1.60. The lowest BCUT2D eigenvalue weighted by molar-refractivity contribution is 0.434. The number of aryl methyl sites for hydroxylation is 1. The normalized spacial score (nSPS) is 19.1. The van der Waals surface area contributed by atoms with E-state index in [-0.39, 0.29) is 24.0 Å². The van der Waals surface area contributed by atoms with Crippen molar-refractivity contribution in [2.75, 3.05) is 6.54 Å². The van der Waals surface area contributed by atoms with E-state index >= 15 is 0 Å². The lowest BCUT2D eigenvalue weighted by Crippen LogP contribution is -2.44. The van der Waals surface area contributed by atoms with Crippen molar-refractivity contribution >= 4 is 29.9 Å². The van der Waals surface area contributed by atoms with Crippen LogP contribution in [0.4, 0.5) is 0 Å². The summed E-state index contributed by atoms with van der Waals surface area (Å²) in [5.41, 5.74) is 5.75. The average molecular weight is 347 g/mol. The van der Waals surface area contributed by atoms with Crippen LogP contribution in [0, 0.1) is 0 Å². The Hall–Kier alpha value is -1.05. The van der Waals surface area contributed by atoms with Crippen LogP contribution < -0.4 is 11.1 Å². The van der Waals surface area contributed by atoms with Crippen LogP contribution >= 0.6 is 24.0 Å². The number of guanidine groups is 1. The van der Waals surface area contributed by atoms with E-state index in [1.54, 1.807) is 6.08 Å². The van der Waals surface area contributed by atoms with Gasteiger partial charge in [0.15, 0.2) is 5.96 Å². The maximum atomic E-state index is 5.75. The molecule has 0 amide bonds. The van der Waals surface area contributed by atoms with Gasteiger partial charge in [-0.1, -0.05) is 6.08 Å². The zero-order valence-corrected chi connectivity index (χ0v) is 12.0. The van der Waals surface area contributed by atoms with Crippen LogP contribution in [0.1, 0.15) is 12.2 Å². The monoisotopic (exact) mass is 347 g/mol. The van der Waals surface area contributed by atoms with Crippen LogP contribution in [0.5, 0.6) is 0 Å². The third kappa shape index (κ3) is 3.72. The first kappa shape index (κ1) is 14.0. The largest absolute Gasteiger partial charge is 0.370 e. The smallest absolute Gasteiger partial charge is 0.189 e. The molecule has 1 aromatic heterocycles. The number of nitrogens with zero attached hydrogens (tertiary/aromatic N) is 3. The van der Waals surface area contributed by atoms with Crippen molar-refractivity contribution in [1.82, 2.24) is 14.9 Å². The summed E-state index contributed by atoms with van der Waals surface area (Å²) in [6, 6.07) is 0.337. The number of imidazole rings is 1. The lowest BCUT2D eigenvalue weighted by atomic mass is 10.1. The van der Waals surface area contributed by atoms with Gasteiger partial charge >= 0.3 is 0 Å². The number of halogens is 1. The van der Waals surface area contributed by atoms with Crippen LogP contribution in [0.25, 0.3) is 0 Å². The summed E-state index contributed by atoms with van der Waals surface area (Å²) >= 11 is 0. The third-order valence-electron chi connectivity index (χ3n) is 2.69. The van der Waals surface area contributed by atoms with Crippen molar-refractivity contribution < 1.29 is 0 Å². The van der Waals surface area contributed by atoms with Crippen molar-refractivity contribution in [3.05, 3.63) is 30.9 Å². The molecule has 3 N–H and O–H groups in total. The van der Waals surface area contributed by atoms with Crippen molar-refractivity contribution in [3.63, 3.8) is 0 Å². The van der Waals surface area contributed by atoms with Crippen LogP contribution in [-0.2, 0) is 13.0 Å². The molecule has 1 atom stereocenters. The molecule has 17 heavy (non-hydrogen) atoms. The molecule has 0 radical (unpaired) electrons. The Kier molecular flexibility index (Phi) is 5.46. The molecule has 0 spiro atoms. The Morgan fingerprint density at radius 1 is 1.76 bits per heavy atom. The summed E-state index contributed by atoms with van der Waals surface area (Å²) in [4.78, 5) is 8.42. The molecule has 1 aliphatic heterocycles. The predicted molar refractivity (Wildman–Crippen MR) is 79.6 cm³/mol. The highest BCUT2D eigenvalue weighted by atomic mass is 127. The number of aromatic nitrogens is 2. The number of hydrogen-bond donors (Lipinski definition) is 2. The topological polar surface area (TPSA) is 68.2 Å². The second-order valence-electron chi connectivity index (χ2n) is 3.89. The molecule has 2 rings (SSSR count). The molecular weight excluding hydrogens is 329 g/mol. The fraction of sp³-hybridized carbons (Fsp3) is 0.455. The SMILES string of the molecule is C=CCN=C(N)NC1CCn2ccnc2C1.I. The maximum Gasteiger partial charge on any atom is 0.189 e. The molecule has 1 aromatic rings. The van der Waals surface area contributed by atoms with Crippen LogP contribution in [0.2, 0.25) is 0 Å². The standard InChI is InChI=1S/C11H17N5.HI/c1-2-4-14-11(12)15-9-3-6-16-7-5-13-10(16)8-9;/h2,5,7,9H,1,3-4,6,8H2,(H3,12,14,15);1H. The van der Waals surface area contributed by atoms with Gasteiger partial charge in [0.05, 0.1) is 6.54 Å². The Morgan fingerprint density at radius 3 is 3.35 bits per heavy atom. The van der Waals surface area contributed by atoms with E-state index in [0.717, 1.165) is 25.2 Å². The Morgan fingerprint density at radius 2 is 2.59 bits per heavy atom. The van der Waals surface area contributed by atoms with E-state index in [1.807, 2.05) is 12.4 Å². The number of rotatable bonds is 3. The van der Waals surface area contributed by atoms with Crippen LogP contribution in [0.3, 0.4) is 0 Å². The van der Waals surface area contributed by atoms with E-state index in [4.69, 9.17) is 5.73 Å². The Balaban J connectivity index is 0.00000144. The zero-order chi connectivity index (χ0) is 11.4. The summed E-state index contributed by atoms with van der Waals surface area (Å²) in [5, 5.41) is 3.21. The highest BCUT2D eigenvalue weighted by molar-refractivity contribution is 14.0.